The van der Waals surface area contributed by atoms with Crippen LogP contribution >= 0.6 is 12.2 Å². The molecule has 1 saturated carbocycles. The molecule has 0 spiro atoms. The van der Waals surface area contributed by atoms with Crippen LogP contribution in [0.2, 0.25) is 0 Å². The lowest BCUT2D eigenvalue weighted by Crippen LogP contribution is -2.47. The number of thiocarbonyl (C=S) groups is 1. The van der Waals surface area contributed by atoms with Crippen molar-refractivity contribution in [2.75, 3.05) is 13.2 Å². The van der Waals surface area contributed by atoms with Gasteiger partial charge in [0.15, 0.2) is 5.11 Å². The van der Waals surface area contributed by atoms with Crippen LogP contribution in [0.25, 0.3) is 10.9 Å². The zero-order valence-electron chi connectivity index (χ0n) is 17.4. The average Bonchev–Trinajstić information content (AvgIpc) is 3.39. The first-order chi connectivity index (χ1) is 14.0. The van der Waals surface area contributed by atoms with Crippen molar-refractivity contribution < 1.29 is 4.74 Å². The Morgan fingerprint density at radius 3 is 2.72 bits per heavy atom. The van der Waals surface area contributed by atoms with Gasteiger partial charge in [0.05, 0.1) is 18.2 Å². The van der Waals surface area contributed by atoms with Gasteiger partial charge in [-0.25, -0.2) is 0 Å². The molecule has 1 aromatic heterocycles. The number of rotatable bonds is 5. The zero-order chi connectivity index (χ0) is 20.4. The molecule has 0 unspecified atom stereocenters. The molecule has 1 aromatic carbocycles. The monoisotopic (exact) mass is 413 g/mol. The number of aromatic nitrogens is 1. The van der Waals surface area contributed by atoms with E-state index in [4.69, 9.17) is 17.0 Å². The number of fused-ring (bicyclic) bond motifs is 1. The van der Waals surface area contributed by atoms with Crippen molar-refractivity contribution in [1.82, 2.24) is 15.2 Å². The number of nitrogens with one attached hydrogen (secondary N) is 2. The van der Waals surface area contributed by atoms with Crippen LogP contribution in [0.3, 0.4) is 0 Å². The standard InChI is InChI=1S/C23H31N3O2S/c1-15-10-16(2)21-17(11-15)12-18(22(27)25-21)14-26(19-6-3-4-7-19)23(29)24-13-20-8-5-9-28-20/h10-12,19-20H,3-9,13-14H2,1-2H3,(H,24,29)(H,25,27)/t20-/m0/s1. The van der Waals surface area contributed by atoms with Gasteiger partial charge in [-0.1, -0.05) is 24.5 Å². The highest BCUT2D eigenvalue weighted by Crippen LogP contribution is 2.26. The van der Waals surface area contributed by atoms with Crippen molar-refractivity contribution in [3.8, 4) is 0 Å². The maximum atomic E-state index is 12.8. The second kappa shape index (κ2) is 8.84. The Morgan fingerprint density at radius 1 is 1.21 bits per heavy atom. The molecule has 4 rings (SSSR count). The van der Waals surface area contributed by atoms with Crippen LogP contribution < -0.4 is 10.9 Å². The van der Waals surface area contributed by atoms with Crippen molar-refractivity contribution in [3.63, 3.8) is 0 Å². The first-order valence-electron chi connectivity index (χ1n) is 10.8. The summed E-state index contributed by atoms with van der Waals surface area (Å²) in [5.74, 6) is 0. The molecule has 2 N–H and O–H groups in total. The van der Waals surface area contributed by atoms with Crippen molar-refractivity contribution in [3.05, 3.63) is 45.2 Å². The molecule has 0 bridgehead atoms. The third-order valence-electron chi connectivity index (χ3n) is 6.24. The Kier molecular flexibility index (Phi) is 6.20. The van der Waals surface area contributed by atoms with Gasteiger partial charge in [0.25, 0.3) is 5.56 Å². The molecule has 1 saturated heterocycles. The molecule has 1 aliphatic heterocycles. The van der Waals surface area contributed by atoms with Gasteiger partial charge in [0.1, 0.15) is 0 Å². The highest BCUT2D eigenvalue weighted by Gasteiger charge is 2.26. The Bertz CT molecular complexity index is 943. The second-order valence-corrected chi connectivity index (χ2v) is 8.94. The fraction of sp³-hybridized carbons (Fsp3) is 0.565. The average molecular weight is 414 g/mol. The minimum Gasteiger partial charge on any atom is -0.376 e. The maximum Gasteiger partial charge on any atom is 0.253 e. The summed E-state index contributed by atoms with van der Waals surface area (Å²) in [6.07, 6.45) is 7.16. The van der Waals surface area contributed by atoms with Crippen LogP contribution in [-0.2, 0) is 11.3 Å². The van der Waals surface area contributed by atoms with E-state index in [-0.39, 0.29) is 11.7 Å². The van der Waals surface area contributed by atoms with E-state index in [1.165, 1.54) is 18.4 Å². The van der Waals surface area contributed by atoms with Gasteiger partial charge in [-0.2, -0.15) is 0 Å². The predicted molar refractivity (Wildman–Crippen MR) is 121 cm³/mol. The molecule has 1 aliphatic carbocycles. The molecule has 2 aliphatic rings. The van der Waals surface area contributed by atoms with E-state index in [1.54, 1.807) is 0 Å². The van der Waals surface area contributed by atoms with Crippen LogP contribution in [0.15, 0.2) is 23.0 Å². The predicted octanol–water partition coefficient (Wildman–Crippen LogP) is 3.94. The van der Waals surface area contributed by atoms with E-state index in [2.05, 4.69) is 34.3 Å². The molecule has 156 valence electrons. The summed E-state index contributed by atoms with van der Waals surface area (Å²) in [4.78, 5) is 18.2. The first-order valence-corrected chi connectivity index (χ1v) is 11.2. The third kappa shape index (κ3) is 4.64. The van der Waals surface area contributed by atoms with Crippen molar-refractivity contribution in [2.24, 2.45) is 0 Å². The van der Waals surface area contributed by atoms with E-state index in [1.807, 2.05) is 13.0 Å². The van der Waals surface area contributed by atoms with Gasteiger partial charge in [0, 0.05) is 24.8 Å². The van der Waals surface area contributed by atoms with Gasteiger partial charge in [-0.3, -0.25) is 4.79 Å². The molecule has 2 aromatic rings. The van der Waals surface area contributed by atoms with E-state index >= 15 is 0 Å². The summed E-state index contributed by atoms with van der Waals surface area (Å²) in [6, 6.07) is 6.68. The lowest BCUT2D eigenvalue weighted by molar-refractivity contribution is 0.113. The summed E-state index contributed by atoms with van der Waals surface area (Å²) in [5.41, 5.74) is 3.99. The van der Waals surface area contributed by atoms with E-state index in [0.29, 0.717) is 12.6 Å². The number of aryl methyl sites for hydroxylation is 2. The molecule has 0 radical (unpaired) electrons. The quantitative estimate of drug-likeness (QED) is 0.727. The SMILES string of the molecule is Cc1cc(C)c2[nH]c(=O)c(CN(C(=S)NC[C@@H]3CCCO3)C3CCCC3)cc2c1. The Hall–Kier alpha value is -1.92. The number of H-pyrrole nitrogens is 1. The molecule has 0 amide bonds. The van der Waals surface area contributed by atoms with Gasteiger partial charge < -0.3 is 19.9 Å². The number of hydrogen-bond acceptors (Lipinski definition) is 3. The molecular formula is C23H31N3O2S. The normalized spacial score (nSPS) is 19.7. The lowest BCUT2D eigenvalue weighted by atomic mass is 10.0. The number of pyridine rings is 1. The van der Waals surface area contributed by atoms with Gasteiger partial charge >= 0.3 is 0 Å². The number of ether oxygens (including phenoxy) is 1. The molecular weight excluding hydrogens is 382 g/mol. The highest BCUT2D eigenvalue weighted by atomic mass is 32.1. The molecule has 29 heavy (non-hydrogen) atoms. The number of aromatic amines is 1. The molecule has 6 heteroatoms. The Morgan fingerprint density at radius 2 is 2.00 bits per heavy atom. The second-order valence-electron chi connectivity index (χ2n) is 8.56. The zero-order valence-corrected chi connectivity index (χ0v) is 18.2. The molecule has 1 atom stereocenters. The van der Waals surface area contributed by atoms with Crippen LogP contribution in [0.5, 0.6) is 0 Å². The minimum absolute atomic E-state index is 0.0191. The van der Waals surface area contributed by atoms with E-state index < -0.39 is 0 Å². The van der Waals surface area contributed by atoms with Crippen LogP contribution in [0.1, 0.15) is 55.2 Å². The highest BCUT2D eigenvalue weighted by molar-refractivity contribution is 7.80. The summed E-state index contributed by atoms with van der Waals surface area (Å²) in [6.45, 7) is 6.26. The first kappa shape index (κ1) is 20.4. The Balaban J connectivity index is 1.57. The molecule has 2 fully saturated rings. The number of nitrogens with zero attached hydrogens (tertiary/aromatic N) is 1. The third-order valence-corrected chi connectivity index (χ3v) is 6.62. The summed E-state index contributed by atoms with van der Waals surface area (Å²) in [5, 5.41) is 5.24. The van der Waals surface area contributed by atoms with Crippen molar-refractivity contribution in [1.29, 1.82) is 0 Å². The summed E-state index contributed by atoms with van der Waals surface area (Å²) in [7, 11) is 0. The van der Waals surface area contributed by atoms with Crippen LogP contribution in [-0.4, -0.2) is 40.3 Å². The van der Waals surface area contributed by atoms with Crippen LogP contribution in [0, 0.1) is 13.8 Å². The van der Waals surface area contributed by atoms with E-state index in [0.717, 1.165) is 66.0 Å². The smallest absolute Gasteiger partial charge is 0.253 e. The van der Waals surface area contributed by atoms with Crippen molar-refractivity contribution >= 4 is 28.2 Å². The molecule has 5 nitrogen and oxygen atoms in total. The van der Waals surface area contributed by atoms with Gasteiger partial charge in [0.2, 0.25) is 0 Å². The summed E-state index contributed by atoms with van der Waals surface area (Å²) >= 11 is 5.77. The fourth-order valence-corrected chi connectivity index (χ4v) is 5.02. The maximum absolute atomic E-state index is 12.8. The fourth-order valence-electron chi connectivity index (χ4n) is 4.72. The number of benzene rings is 1. The largest absolute Gasteiger partial charge is 0.376 e. The molecule has 2 heterocycles. The van der Waals surface area contributed by atoms with Gasteiger partial charge in [-0.05, 0) is 74.8 Å². The minimum atomic E-state index is -0.0191. The summed E-state index contributed by atoms with van der Waals surface area (Å²) < 4.78 is 5.72. The number of hydrogen-bond donors (Lipinski definition) is 2. The van der Waals surface area contributed by atoms with Crippen molar-refractivity contribution in [2.45, 2.75) is 71.1 Å². The topological polar surface area (TPSA) is 57.4 Å². The van der Waals surface area contributed by atoms with Crippen LogP contribution in [0.4, 0.5) is 0 Å². The Labute approximate surface area is 177 Å². The van der Waals surface area contributed by atoms with Gasteiger partial charge in [-0.15, -0.1) is 0 Å². The lowest BCUT2D eigenvalue weighted by Gasteiger charge is -2.32. The van der Waals surface area contributed by atoms with E-state index in [9.17, 15) is 4.79 Å².